The molecule has 6 atom stereocenters. The molecule has 0 amide bonds. The molecule has 0 saturated carbocycles. The van der Waals surface area contributed by atoms with E-state index in [4.69, 9.17) is 18.9 Å². The first-order valence-electron chi connectivity index (χ1n) is 7.24. The van der Waals surface area contributed by atoms with Crippen LogP contribution in [0.2, 0.25) is 0 Å². The summed E-state index contributed by atoms with van der Waals surface area (Å²) in [5.41, 5.74) is 1.02. The molecule has 3 rings (SSSR count). The van der Waals surface area contributed by atoms with Gasteiger partial charge in [0.05, 0.1) is 6.61 Å². The van der Waals surface area contributed by atoms with Crippen molar-refractivity contribution in [3.8, 4) is 0 Å². The second-order valence-corrected chi connectivity index (χ2v) is 5.33. The van der Waals surface area contributed by atoms with E-state index in [9.17, 15) is 10.2 Å². The van der Waals surface area contributed by atoms with Crippen LogP contribution in [0, 0.1) is 0 Å². The van der Waals surface area contributed by atoms with Crippen LogP contribution in [0.1, 0.15) is 5.56 Å². The van der Waals surface area contributed by atoms with Crippen molar-refractivity contribution in [2.24, 2.45) is 0 Å². The van der Waals surface area contributed by atoms with Crippen LogP contribution in [0.5, 0.6) is 0 Å². The lowest BCUT2D eigenvalue weighted by Gasteiger charge is -2.45. The summed E-state index contributed by atoms with van der Waals surface area (Å²) < 4.78 is 21.8. The fourth-order valence-electron chi connectivity index (χ4n) is 2.64. The van der Waals surface area contributed by atoms with Gasteiger partial charge in [-0.25, -0.2) is 0 Å². The van der Waals surface area contributed by atoms with Gasteiger partial charge in [-0.1, -0.05) is 36.4 Å². The minimum Gasteiger partial charge on any atom is -0.387 e. The molecule has 6 heteroatoms. The Kier molecular flexibility index (Phi) is 4.87. The molecule has 6 nitrogen and oxygen atoms in total. The maximum Gasteiger partial charge on any atom is 0.186 e. The number of methoxy groups -OCH3 is 1. The topological polar surface area (TPSA) is 77.4 Å². The van der Waals surface area contributed by atoms with E-state index in [0.717, 1.165) is 5.56 Å². The van der Waals surface area contributed by atoms with Crippen molar-refractivity contribution in [3.63, 3.8) is 0 Å². The van der Waals surface area contributed by atoms with Gasteiger partial charge in [0.1, 0.15) is 24.4 Å². The molecule has 120 valence electrons. The van der Waals surface area contributed by atoms with E-state index < -0.39 is 37.0 Å². The van der Waals surface area contributed by atoms with Gasteiger partial charge < -0.3 is 29.2 Å². The maximum atomic E-state index is 10.2. The predicted molar refractivity (Wildman–Crippen MR) is 77.8 cm³/mol. The van der Waals surface area contributed by atoms with Crippen molar-refractivity contribution >= 4 is 6.08 Å². The Morgan fingerprint density at radius 1 is 1.14 bits per heavy atom. The summed E-state index contributed by atoms with van der Waals surface area (Å²) in [5, 5.41) is 20.1. The first kappa shape index (κ1) is 15.6. The molecule has 2 aliphatic rings. The highest BCUT2D eigenvalue weighted by Crippen LogP contribution is 2.29. The zero-order valence-corrected chi connectivity index (χ0v) is 12.2. The third kappa shape index (κ3) is 3.22. The van der Waals surface area contributed by atoms with Crippen LogP contribution in [-0.4, -0.2) is 60.9 Å². The van der Waals surface area contributed by atoms with Crippen molar-refractivity contribution in [3.05, 3.63) is 42.0 Å². The largest absolute Gasteiger partial charge is 0.387 e. The summed E-state index contributed by atoms with van der Waals surface area (Å²) in [4.78, 5) is 0. The molecule has 2 saturated heterocycles. The molecule has 1 aromatic carbocycles. The Morgan fingerprint density at radius 3 is 2.64 bits per heavy atom. The quantitative estimate of drug-likeness (QED) is 0.848. The molecule has 1 aromatic rings. The normalized spacial score (nSPS) is 38.9. The molecule has 22 heavy (non-hydrogen) atoms. The number of rotatable bonds is 3. The molecular weight excluding hydrogens is 288 g/mol. The SMILES string of the molecule is COC1O[C@@H]2COC(/C=C/c3ccccc3)O[C@H]2[C@H](O)[C@H]1O. The van der Waals surface area contributed by atoms with Crippen molar-refractivity contribution in [1.29, 1.82) is 0 Å². The summed E-state index contributed by atoms with van der Waals surface area (Å²) in [6.07, 6.45) is -1.16. The van der Waals surface area contributed by atoms with E-state index in [2.05, 4.69) is 0 Å². The van der Waals surface area contributed by atoms with Crippen LogP contribution in [0.15, 0.2) is 36.4 Å². The lowest BCUT2D eigenvalue weighted by atomic mass is 9.98. The lowest BCUT2D eigenvalue weighted by Crippen LogP contribution is -2.62. The number of aliphatic hydroxyl groups excluding tert-OH is 2. The Labute approximate surface area is 128 Å². The molecule has 2 unspecified atom stereocenters. The van der Waals surface area contributed by atoms with Gasteiger partial charge in [-0.05, 0) is 11.6 Å². The molecule has 2 fully saturated rings. The maximum absolute atomic E-state index is 10.2. The summed E-state index contributed by atoms with van der Waals surface area (Å²) in [6, 6.07) is 9.76. The monoisotopic (exact) mass is 308 g/mol. The van der Waals surface area contributed by atoms with Crippen LogP contribution < -0.4 is 0 Å². The Bertz CT molecular complexity index is 503. The van der Waals surface area contributed by atoms with E-state index in [1.54, 1.807) is 6.08 Å². The van der Waals surface area contributed by atoms with Crippen molar-refractivity contribution < 1.29 is 29.2 Å². The fourth-order valence-corrected chi connectivity index (χ4v) is 2.64. The van der Waals surface area contributed by atoms with Gasteiger partial charge >= 0.3 is 0 Å². The van der Waals surface area contributed by atoms with E-state index >= 15 is 0 Å². The zero-order chi connectivity index (χ0) is 15.5. The number of hydrogen-bond donors (Lipinski definition) is 2. The number of benzene rings is 1. The van der Waals surface area contributed by atoms with Crippen LogP contribution in [0.25, 0.3) is 6.08 Å². The average molecular weight is 308 g/mol. The summed E-state index contributed by atoms with van der Waals surface area (Å²) in [5.74, 6) is 0. The number of hydrogen-bond acceptors (Lipinski definition) is 6. The van der Waals surface area contributed by atoms with Gasteiger partial charge in [0.15, 0.2) is 12.6 Å². The molecule has 0 radical (unpaired) electrons. The molecular formula is C16H20O6. The molecule has 0 aromatic heterocycles. The van der Waals surface area contributed by atoms with Gasteiger partial charge in [0.25, 0.3) is 0 Å². The predicted octanol–water partition coefficient (Wildman–Crippen LogP) is 0.534. The molecule has 2 aliphatic heterocycles. The fraction of sp³-hybridized carbons (Fsp3) is 0.500. The Hall–Kier alpha value is -1.28. The van der Waals surface area contributed by atoms with Gasteiger partial charge in [0, 0.05) is 7.11 Å². The second-order valence-electron chi connectivity index (χ2n) is 5.33. The minimum absolute atomic E-state index is 0.262. The first-order chi connectivity index (χ1) is 10.7. The number of fused-ring (bicyclic) bond motifs is 1. The Morgan fingerprint density at radius 2 is 1.91 bits per heavy atom. The molecule has 2 heterocycles. The third-order valence-corrected chi connectivity index (χ3v) is 3.83. The summed E-state index contributed by atoms with van der Waals surface area (Å²) in [7, 11) is 1.41. The van der Waals surface area contributed by atoms with Crippen molar-refractivity contribution in [1.82, 2.24) is 0 Å². The summed E-state index contributed by atoms with van der Waals surface area (Å²) in [6.45, 7) is 0.262. The Balaban J connectivity index is 1.64. The average Bonchev–Trinajstić information content (AvgIpc) is 2.57. The summed E-state index contributed by atoms with van der Waals surface area (Å²) >= 11 is 0. The zero-order valence-electron chi connectivity index (χ0n) is 12.2. The standard InChI is InChI=1S/C16H20O6/c1-19-16-14(18)13(17)15-11(21-16)9-20-12(22-15)8-7-10-5-3-2-4-6-10/h2-8,11-18H,9H2,1H3/b8-7+/t11-,12?,13-,14-,15-,16?/m1/s1. The smallest absolute Gasteiger partial charge is 0.186 e. The van der Waals surface area contributed by atoms with Crippen LogP contribution >= 0.6 is 0 Å². The van der Waals surface area contributed by atoms with E-state index in [0.29, 0.717) is 0 Å². The van der Waals surface area contributed by atoms with E-state index in [1.165, 1.54) is 7.11 Å². The molecule has 2 N–H and O–H groups in total. The lowest BCUT2D eigenvalue weighted by molar-refractivity contribution is -0.347. The number of aliphatic hydroxyl groups is 2. The molecule has 0 spiro atoms. The highest BCUT2D eigenvalue weighted by Gasteiger charge is 2.48. The van der Waals surface area contributed by atoms with Gasteiger partial charge in [-0.15, -0.1) is 0 Å². The van der Waals surface area contributed by atoms with Crippen LogP contribution in [-0.2, 0) is 18.9 Å². The van der Waals surface area contributed by atoms with Crippen LogP contribution in [0.4, 0.5) is 0 Å². The second kappa shape index (κ2) is 6.87. The van der Waals surface area contributed by atoms with Crippen molar-refractivity contribution in [2.45, 2.75) is 37.0 Å². The molecule has 0 aliphatic carbocycles. The van der Waals surface area contributed by atoms with Crippen LogP contribution in [0.3, 0.4) is 0 Å². The minimum atomic E-state index is -1.15. The van der Waals surface area contributed by atoms with Gasteiger partial charge in [0.2, 0.25) is 0 Å². The highest BCUT2D eigenvalue weighted by molar-refractivity contribution is 5.49. The number of ether oxygens (including phenoxy) is 4. The third-order valence-electron chi connectivity index (χ3n) is 3.83. The first-order valence-corrected chi connectivity index (χ1v) is 7.24. The highest BCUT2D eigenvalue weighted by atomic mass is 16.7. The van der Waals surface area contributed by atoms with Gasteiger partial charge in [-0.3, -0.25) is 0 Å². The van der Waals surface area contributed by atoms with Gasteiger partial charge in [-0.2, -0.15) is 0 Å². The van der Waals surface area contributed by atoms with E-state index in [-0.39, 0.29) is 6.61 Å². The van der Waals surface area contributed by atoms with Crippen molar-refractivity contribution in [2.75, 3.05) is 13.7 Å². The molecule has 0 bridgehead atoms. The van der Waals surface area contributed by atoms with E-state index in [1.807, 2.05) is 36.4 Å².